The Kier molecular flexibility index (Phi) is 3.25. The molecule has 0 N–H and O–H groups in total. The summed E-state index contributed by atoms with van der Waals surface area (Å²) in [5.74, 6) is 1.37. The topological polar surface area (TPSA) is 29.0 Å². The second kappa shape index (κ2) is 4.05. The summed E-state index contributed by atoms with van der Waals surface area (Å²) in [4.78, 5) is 6.61. The molecule has 1 rings (SSSR count). The van der Waals surface area contributed by atoms with Crippen molar-refractivity contribution in [2.24, 2.45) is 0 Å². The number of hydrogen-bond acceptors (Lipinski definition) is 4. The molecule has 0 aromatic carbocycles. The lowest BCUT2D eigenvalue weighted by Gasteiger charge is -2.19. The van der Waals surface area contributed by atoms with Gasteiger partial charge in [-0.3, -0.25) is 0 Å². The molecule has 0 amide bonds. The van der Waals surface area contributed by atoms with Gasteiger partial charge in [-0.1, -0.05) is 13.8 Å². The molecule has 1 aromatic heterocycles. The van der Waals surface area contributed by atoms with Gasteiger partial charge in [-0.2, -0.15) is 4.37 Å². The molecule has 0 saturated heterocycles. The molecule has 0 aliphatic heterocycles. The van der Waals surface area contributed by atoms with Gasteiger partial charge in [0.25, 0.3) is 0 Å². The first-order valence-electron chi connectivity index (χ1n) is 4.58. The molecule has 13 heavy (non-hydrogen) atoms. The van der Waals surface area contributed by atoms with Crippen LogP contribution in [0.25, 0.3) is 0 Å². The summed E-state index contributed by atoms with van der Waals surface area (Å²) in [5.41, 5.74) is 0. The van der Waals surface area contributed by atoms with Crippen LogP contribution >= 0.6 is 11.5 Å². The van der Waals surface area contributed by atoms with Crippen LogP contribution in [0.4, 0.5) is 5.13 Å². The van der Waals surface area contributed by atoms with Gasteiger partial charge in [-0.15, -0.1) is 0 Å². The minimum atomic E-state index is 0.422. The van der Waals surface area contributed by atoms with Gasteiger partial charge >= 0.3 is 0 Å². The molecule has 1 heterocycles. The summed E-state index contributed by atoms with van der Waals surface area (Å²) in [6.07, 6.45) is 0. The molecule has 0 atom stereocenters. The maximum Gasteiger partial charge on any atom is 0.205 e. The molecule has 0 spiro atoms. The van der Waals surface area contributed by atoms with Crippen molar-refractivity contribution in [1.29, 1.82) is 0 Å². The SMILES string of the molecule is CC(C)c1nsc(N(C)C(C)C)n1. The summed E-state index contributed by atoms with van der Waals surface area (Å²) in [6, 6.07) is 0.480. The highest BCUT2D eigenvalue weighted by atomic mass is 32.1. The van der Waals surface area contributed by atoms with E-state index < -0.39 is 0 Å². The number of aromatic nitrogens is 2. The first-order valence-corrected chi connectivity index (χ1v) is 5.36. The third kappa shape index (κ3) is 2.40. The van der Waals surface area contributed by atoms with E-state index in [0.29, 0.717) is 12.0 Å². The van der Waals surface area contributed by atoms with E-state index in [1.165, 1.54) is 11.5 Å². The predicted octanol–water partition coefficient (Wildman–Crippen LogP) is 2.51. The van der Waals surface area contributed by atoms with Crippen molar-refractivity contribution in [2.75, 3.05) is 11.9 Å². The van der Waals surface area contributed by atoms with Gasteiger partial charge in [0.2, 0.25) is 5.13 Å². The van der Waals surface area contributed by atoms with Crippen molar-refractivity contribution in [3.8, 4) is 0 Å². The molecule has 1 aromatic rings. The lowest BCUT2D eigenvalue weighted by Crippen LogP contribution is -2.25. The standard InChI is InChI=1S/C9H17N3S/c1-6(2)8-10-9(13-11-8)12(5)7(3)4/h6-7H,1-5H3. The van der Waals surface area contributed by atoms with Crippen molar-refractivity contribution in [3.63, 3.8) is 0 Å². The van der Waals surface area contributed by atoms with E-state index in [1.54, 1.807) is 0 Å². The van der Waals surface area contributed by atoms with Gasteiger partial charge in [0.05, 0.1) is 0 Å². The smallest absolute Gasteiger partial charge is 0.205 e. The fourth-order valence-electron chi connectivity index (χ4n) is 0.825. The molecule has 0 aliphatic carbocycles. The fourth-order valence-corrected chi connectivity index (χ4v) is 1.73. The van der Waals surface area contributed by atoms with Gasteiger partial charge in [-0.05, 0) is 13.8 Å². The van der Waals surface area contributed by atoms with Crippen molar-refractivity contribution < 1.29 is 0 Å². The van der Waals surface area contributed by atoms with Gasteiger partial charge in [-0.25, -0.2) is 4.98 Å². The Labute approximate surface area is 84.0 Å². The third-order valence-corrected chi connectivity index (χ3v) is 2.84. The molecule has 0 radical (unpaired) electrons. The van der Waals surface area contributed by atoms with Crippen LogP contribution in [0.2, 0.25) is 0 Å². The molecule has 0 saturated carbocycles. The Morgan fingerprint density at radius 1 is 1.23 bits per heavy atom. The lowest BCUT2D eigenvalue weighted by molar-refractivity contribution is 0.740. The molecular formula is C9H17N3S. The van der Waals surface area contributed by atoms with Crippen molar-refractivity contribution >= 4 is 16.7 Å². The average Bonchev–Trinajstić information content (AvgIpc) is 2.50. The van der Waals surface area contributed by atoms with Crippen LogP contribution in [0.1, 0.15) is 39.4 Å². The van der Waals surface area contributed by atoms with Gasteiger partial charge in [0.15, 0.2) is 0 Å². The van der Waals surface area contributed by atoms with E-state index in [4.69, 9.17) is 0 Å². The zero-order valence-electron chi connectivity index (χ0n) is 8.90. The number of hydrogen-bond donors (Lipinski definition) is 0. The molecule has 0 fully saturated rings. The van der Waals surface area contributed by atoms with Crippen molar-refractivity contribution in [2.45, 2.75) is 39.7 Å². The highest BCUT2D eigenvalue weighted by molar-refractivity contribution is 7.09. The summed E-state index contributed by atoms with van der Waals surface area (Å²) in [6.45, 7) is 8.52. The Hall–Kier alpha value is -0.640. The predicted molar refractivity (Wildman–Crippen MR) is 57.5 cm³/mol. The van der Waals surface area contributed by atoms with Crippen molar-refractivity contribution in [1.82, 2.24) is 9.36 Å². The molecular weight excluding hydrogens is 182 g/mol. The number of anilines is 1. The summed E-state index contributed by atoms with van der Waals surface area (Å²) in [5, 5.41) is 1.01. The second-order valence-electron chi connectivity index (χ2n) is 3.79. The third-order valence-electron chi connectivity index (χ3n) is 2.02. The molecule has 4 heteroatoms. The van der Waals surface area contributed by atoms with Gasteiger partial charge in [0.1, 0.15) is 5.82 Å². The van der Waals surface area contributed by atoms with Crippen LogP contribution in [0.3, 0.4) is 0 Å². The van der Waals surface area contributed by atoms with Gasteiger partial charge < -0.3 is 4.90 Å². The largest absolute Gasteiger partial charge is 0.347 e. The van der Waals surface area contributed by atoms with E-state index in [0.717, 1.165) is 11.0 Å². The fraction of sp³-hybridized carbons (Fsp3) is 0.778. The molecule has 0 aliphatic rings. The first kappa shape index (κ1) is 10.4. The minimum Gasteiger partial charge on any atom is -0.347 e. The number of nitrogens with zero attached hydrogens (tertiary/aromatic N) is 3. The molecule has 74 valence electrons. The Morgan fingerprint density at radius 3 is 2.23 bits per heavy atom. The highest BCUT2D eigenvalue weighted by Crippen LogP contribution is 2.21. The maximum absolute atomic E-state index is 4.46. The molecule has 0 bridgehead atoms. The van der Waals surface area contributed by atoms with Crippen LogP contribution < -0.4 is 4.90 Å². The Bertz CT molecular complexity index is 268. The summed E-state index contributed by atoms with van der Waals surface area (Å²) in [7, 11) is 2.05. The second-order valence-corrected chi connectivity index (χ2v) is 4.52. The van der Waals surface area contributed by atoms with E-state index in [2.05, 4.69) is 49.0 Å². The molecule has 3 nitrogen and oxygen atoms in total. The van der Waals surface area contributed by atoms with Crippen LogP contribution in [0, 0.1) is 0 Å². The van der Waals surface area contributed by atoms with E-state index >= 15 is 0 Å². The van der Waals surface area contributed by atoms with E-state index in [9.17, 15) is 0 Å². The highest BCUT2D eigenvalue weighted by Gasteiger charge is 2.12. The van der Waals surface area contributed by atoms with Crippen LogP contribution in [-0.2, 0) is 0 Å². The maximum atomic E-state index is 4.46. The zero-order valence-corrected chi connectivity index (χ0v) is 9.72. The van der Waals surface area contributed by atoms with Crippen LogP contribution in [0.15, 0.2) is 0 Å². The van der Waals surface area contributed by atoms with E-state index in [-0.39, 0.29) is 0 Å². The zero-order chi connectivity index (χ0) is 10.0. The Balaban J connectivity index is 2.79. The van der Waals surface area contributed by atoms with Gasteiger partial charge in [0, 0.05) is 30.5 Å². The van der Waals surface area contributed by atoms with Crippen molar-refractivity contribution in [3.05, 3.63) is 5.82 Å². The first-order chi connectivity index (χ1) is 6.02. The Morgan fingerprint density at radius 2 is 1.85 bits per heavy atom. The van der Waals surface area contributed by atoms with Crippen LogP contribution in [-0.4, -0.2) is 22.4 Å². The van der Waals surface area contributed by atoms with E-state index in [1.807, 2.05) is 0 Å². The average molecular weight is 199 g/mol. The summed E-state index contributed by atoms with van der Waals surface area (Å²) >= 11 is 1.48. The number of rotatable bonds is 3. The molecule has 0 unspecified atom stereocenters. The normalized spacial score (nSPS) is 11.3. The van der Waals surface area contributed by atoms with Crippen LogP contribution in [0.5, 0.6) is 0 Å². The minimum absolute atomic E-state index is 0.422. The monoisotopic (exact) mass is 199 g/mol. The lowest BCUT2D eigenvalue weighted by atomic mass is 10.2. The quantitative estimate of drug-likeness (QED) is 0.749. The summed E-state index contributed by atoms with van der Waals surface area (Å²) < 4.78 is 4.31.